The minimum absolute atomic E-state index is 0.0275. The Bertz CT molecular complexity index is 1020. The summed E-state index contributed by atoms with van der Waals surface area (Å²) in [5.74, 6) is -2.05. The summed E-state index contributed by atoms with van der Waals surface area (Å²) in [5.41, 5.74) is 6.01. The average Bonchev–Trinajstić information content (AvgIpc) is 3.15. The smallest absolute Gasteiger partial charge is 0.255 e. The fraction of sp³-hybridized carbons (Fsp3) is 0.105. The van der Waals surface area contributed by atoms with Crippen LogP contribution in [0.4, 0.5) is 8.78 Å². The number of benzene rings is 2. The molecule has 0 saturated carbocycles. The molecule has 28 heavy (non-hydrogen) atoms. The van der Waals surface area contributed by atoms with Gasteiger partial charge in [0.15, 0.2) is 12.4 Å². The van der Waals surface area contributed by atoms with Gasteiger partial charge in [0.2, 0.25) is 0 Å². The molecule has 3 rings (SSSR count). The predicted molar refractivity (Wildman–Crippen MR) is 95.8 cm³/mol. The lowest BCUT2D eigenvalue weighted by Crippen LogP contribution is -2.22. The summed E-state index contributed by atoms with van der Waals surface area (Å²) in [6, 6.07) is 9.89. The minimum atomic E-state index is -0.789. The Hall–Kier alpha value is -3.75. The van der Waals surface area contributed by atoms with Crippen molar-refractivity contribution in [2.24, 2.45) is 5.73 Å². The number of carbonyl (C=O) groups excluding carboxylic acids is 2. The van der Waals surface area contributed by atoms with Crippen LogP contribution in [0.1, 0.15) is 15.9 Å². The van der Waals surface area contributed by atoms with Crippen LogP contribution in [-0.4, -0.2) is 28.2 Å². The van der Waals surface area contributed by atoms with Gasteiger partial charge in [-0.2, -0.15) is 5.10 Å². The first-order valence-corrected chi connectivity index (χ1v) is 8.21. The fourth-order valence-corrected chi connectivity index (χ4v) is 2.42. The zero-order valence-electron chi connectivity index (χ0n) is 14.6. The lowest BCUT2D eigenvalue weighted by atomic mass is 10.2. The summed E-state index contributed by atoms with van der Waals surface area (Å²) in [5, 5.41) is 6.64. The lowest BCUT2D eigenvalue weighted by molar-refractivity contribution is -0.119. The molecule has 7 nitrogen and oxygen atoms in total. The zero-order valence-corrected chi connectivity index (χ0v) is 14.6. The number of aromatic nitrogens is 2. The maximum atomic E-state index is 13.8. The van der Waals surface area contributed by atoms with Gasteiger partial charge in [-0.3, -0.25) is 9.59 Å². The molecule has 1 aromatic heterocycles. The molecule has 0 radical (unpaired) electrons. The lowest BCUT2D eigenvalue weighted by Gasteiger charge is -2.07. The number of nitrogens with one attached hydrogen (secondary N) is 1. The molecule has 9 heteroatoms. The van der Waals surface area contributed by atoms with E-state index in [2.05, 4.69) is 10.4 Å². The standard InChI is InChI=1S/C19H16F2N4O3/c20-14-4-5-17(16(21)7-14)25-10-13(9-24-25)19(27)23-8-12-2-1-3-15(6-12)28-11-18(22)26/h1-7,9-10H,8,11H2,(H2,22,26)(H,23,27). The second-order valence-corrected chi connectivity index (χ2v) is 5.85. The highest BCUT2D eigenvalue weighted by Gasteiger charge is 2.12. The molecule has 144 valence electrons. The number of ether oxygens (including phenoxy) is 1. The zero-order chi connectivity index (χ0) is 20.1. The monoisotopic (exact) mass is 386 g/mol. The first kappa shape index (κ1) is 19.0. The van der Waals surface area contributed by atoms with Crippen LogP contribution in [-0.2, 0) is 11.3 Å². The number of halogens is 2. The first-order valence-electron chi connectivity index (χ1n) is 8.21. The average molecular weight is 386 g/mol. The summed E-state index contributed by atoms with van der Waals surface area (Å²) in [6.07, 6.45) is 2.63. The normalized spacial score (nSPS) is 10.5. The molecular weight excluding hydrogens is 370 g/mol. The summed E-state index contributed by atoms with van der Waals surface area (Å²) in [4.78, 5) is 23.1. The first-order chi connectivity index (χ1) is 13.4. The molecular formula is C19H16F2N4O3. The molecule has 2 amide bonds. The van der Waals surface area contributed by atoms with Gasteiger partial charge in [-0.05, 0) is 29.8 Å². The van der Waals surface area contributed by atoms with Crippen LogP contribution in [0.2, 0.25) is 0 Å². The van der Waals surface area contributed by atoms with Gasteiger partial charge in [-0.1, -0.05) is 12.1 Å². The van der Waals surface area contributed by atoms with E-state index in [1.807, 2.05) is 0 Å². The molecule has 0 aliphatic rings. The minimum Gasteiger partial charge on any atom is -0.484 e. The highest BCUT2D eigenvalue weighted by atomic mass is 19.1. The van der Waals surface area contributed by atoms with Crippen LogP contribution < -0.4 is 15.8 Å². The number of hydrogen-bond acceptors (Lipinski definition) is 4. The van der Waals surface area contributed by atoms with Crippen molar-refractivity contribution in [3.05, 3.63) is 77.6 Å². The van der Waals surface area contributed by atoms with E-state index in [-0.39, 0.29) is 24.4 Å². The van der Waals surface area contributed by atoms with Crippen LogP contribution in [0.15, 0.2) is 54.9 Å². The third-order valence-electron chi connectivity index (χ3n) is 3.73. The molecule has 3 N–H and O–H groups in total. The number of nitrogens with two attached hydrogens (primary N) is 1. The van der Waals surface area contributed by atoms with Crippen molar-refractivity contribution in [3.8, 4) is 11.4 Å². The van der Waals surface area contributed by atoms with Crippen LogP contribution in [0.25, 0.3) is 5.69 Å². The van der Waals surface area contributed by atoms with E-state index in [1.54, 1.807) is 24.3 Å². The second-order valence-electron chi connectivity index (χ2n) is 5.85. The SMILES string of the molecule is NC(=O)COc1cccc(CNC(=O)c2cnn(-c3ccc(F)cc3F)c2)c1. The predicted octanol–water partition coefficient (Wildman–Crippen LogP) is 1.94. The van der Waals surface area contributed by atoms with E-state index in [4.69, 9.17) is 10.5 Å². The molecule has 0 atom stereocenters. The number of amides is 2. The van der Waals surface area contributed by atoms with Crippen molar-refractivity contribution in [1.29, 1.82) is 0 Å². The summed E-state index contributed by atoms with van der Waals surface area (Å²) in [7, 11) is 0. The molecule has 0 bridgehead atoms. The molecule has 0 saturated heterocycles. The molecule has 1 heterocycles. The van der Waals surface area contributed by atoms with Crippen molar-refractivity contribution < 1.29 is 23.1 Å². The number of rotatable bonds is 7. The number of primary amides is 1. The number of carbonyl (C=O) groups is 2. The Labute approximate surface area is 158 Å². The third kappa shape index (κ3) is 4.70. The van der Waals surface area contributed by atoms with Crippen LogP contribution in [0, 0.1) is 11.6 Å². The summed E-state index contributed by atoms with van der Waals surface area (Å²) < 4.78 is 33.2. The molecule has 0 spiro atoms. The number of nitrogens with zero attached hydrogens (tertiary/aromatic N) is 2. The Morgan fingerprint density at radius 3 is 2.75 bits per heavy atom. The Morgan fingerprint density at radius 1 is 1.18 bits per heavy atom. The van der Waals surface area contributed by atoms with Gasteiger partial charge in [-0.15, -0.1) is 0 Å². The second kappa shape index (κ2) is 8.30. The van der Waals surface area contributed by atoms with E-state index in [0.29, 0.717) is 5.75 Å². The van der Waals surface area contributed by atoms with Crippen molar-refractivity contribution in [2.75, 3.05) is 6.61 Å². The highest BCUT2D eigenvalue weighted by Crippen LogP contribution is 2.15. The van der Waals surface area contributed by atoms with Gasteiger partial charge in [0.05, 0.1) is 11.8 Å². The topological polar surface area (TPSA) is 99.2 Å². The Morgan fingerprint density at radius 2 is 2.00 bits per heavy atom. The van der Waals surface area contributed by atoms with Gasteiger partial charge >= 0.3 is 0 Å². The van der Waals surface area contributed by atoms with Gasteiger partial charge in [0.25, 0.3) is 11.8 Å². The van der Waals surface area contributed by atoms with Crippen molar-refractivity contribution in [3.63, 3.8) is 0 Å². The van der Waals surface area contributed by atoms with Gasteiger partial charge in [-0.25, -0.2) is 13.5 Å². The maximum absolute atomic E-state index is 13.8. The molecule has 0 fully saturated rings. The van der Waals surface area contributed by atoms with E-state index in [0.717, 1.165) is 22.4 Å². The van der Waals surface area contributed by atoms with Crippen molar-refractivity contribution in [2.45, 2.75) is 6.54 Å². The van der Waals surface area contributed by atoms with Gasteiger partial charge in [0.1, 0.15) is 17.3 Å². The van der Waals surface area contributed by atoms with E-state index < -0.39 is 23.4 Å². The summed E-state index contributed by atoms with van der Waals surface area (Å²) >= 11 is 0. The Kier molecular flexibility index (Phi) is 5.64. The van der Waals surface area contributed by atoms with E-state index >= 15 is 0 Å². The molecule has 0 aliphatic heterocycles. The van der Waals surface area contributed by atoms with Crippen LogP contribution in [0.3, 0.4) is 0 Å². The molecule has 2 aromatic carbocycles. The largest absolute Gasteiger partial charge is 0.484 e. The van der Waals surface area contributed by atoms with Crippen molar-refractivity contribution >= 4 is 11.8 Å². The third-order valence-corrected chi connectivity index (χ3v) is 3.73. The van der Waals surface area contributed by atoms with Crippen LogP contribution in [0.5, 0.6) is 5.75 Å². The Balaban J connectivity index is 1.64. The van der Waals surface area contributed by atoms with Crippen molar-refractivity contribution in [1.82, 2.24) is 15.1 Å². The molecule has 3 aromatic rings. The summed E-state index contributed by atoms with van der Waals surface area (Å²) in [6.45, 7) is -0.0440. The quantitative estimate of drug-likeness (QED) is 0.648. The van der Waals surface area contributed by atoms with Gasteiger partial charge in [0, 0.05) is 18.8 Å². The van der Waals surface area contributed by atoms with E-state index in [9.17, 15) is 18.4 Å². The highest BCUT2D eigenvalue weighted by molar-refractivity contribution is 5.93. The van der Waals surface area contributed by atoms with Gasteiger partial charge < -0.3 is 15.8 Å². The molecule has 0 unspecified atom stereocenters. The number of hydrogen-bond donors (Lipinski definition) is 2. The maximum Gasteiger partial charge on any atom is 0.255 e. The van der Waals surface area contributed by atoms with E-state index in [1.165, 1.54) is 18.5 Å². The fourth-order valence-electron chi connectivity index (χ4n) is 2.42. The van der Waals surface area contributed by atoms with Crippen LogP contribution >= 0.6 is 0 Å². The molecule has 0 aliphatic carbocycles.